The van der Waals surface area contributed by atoms with Gasteiger partial charge in [0.25, 0.3) is 0 Å². The molecule has 0 aromatic heterocycles. The molecular weight excluding hydrogens is 323 g/mol. The number of hydrogen-bond donors (Lipinski definition) is 0. The van der Waals surface area contributed by atoms with Crippen LogP contribution in [0.5, 0.6) is 11.5 Å². The fraction of sp³-hybridized carbons (Fsp3) is 0.364. The topological polar surface area (TPSA) is 44.8 Å². The van der Waals surface area contributed by atoms with Gasteiger partial charge in [0.1, 0.15) is 11.5 Å². The minimum atomic E-state index is -0.374. The Morgan fingerprint density at radius 3 is 2.81 bits per heavy atom. The van der Waals surface area contributed by atoms with E-state index in [9.17, 15) is 4.79 Å². The fourth-order valence-electron chi connectivity index (χ4n) is 1.06. The van der Waals surface area contributed by atoms with E-state index in [4.69, 9.17) is 14.2 Å². The maximum Gasteiger partial charge on any atom is 0.344 e. The van der Waals surface area contributed by atoms with Crippen LogP contribution in [-0.2, 0) is 9.53 Å². The first-order valence-electron chi connectivity index (χ1n) is 4.79. The highest BCUT2D eigenvalue weighted by Gasteiger charge is 2.07. The number of ether oxygens (including phenoxy) is 3. The molecule has 0 unspecified atom stereocenters. The molecule has 0 radical (unpaired) electrons. The molecule has 5 heteroatoms. The zero-order valence-electron chi connectivity index (χ0n) is 9.16. The van der Waals surface area contributed by atoms with Crippen molar-refractivity contribution in [3.63, 3.8) is 0 Å². The standard InChI is InChI=1S/C11H13IO4/c1-3-15-11(13)7-16-10-6-8(14-2)4-5-9(10)12/h4-6H,3,7H2,1-2H3. The lowest BCUT2D eigenvalue weighted by Crippen LogP contribution is -2.15. The lowest BCUT2D eigenvalue weighted by molar-refractivity contribution is -0.145. The number of halogens is 1. The second-order valence-corrected chi connectivity index (χ2v) is 4.05. The first-order valence-corrected chi connectivity index (χ1v) is 5.87. The molecule has 0 atom stereocenters. The van der Waals surface area contributed by atoms with E-state index >= 15 is 0 Å². The molecule has 4 nitrogen and oxygen atoms in total. The van der Waals surface area contributed by atoms with Gasteiger partial charge in [-0.25, -0.2) is 4.79 Å². The van der Waals surface area contributed by atoms with E-state index in [1.54, 1.807) is 20.1 Å². The predicted octanol–water partition coefficient (Wildman–Crippen LogP) is 2.24. The summed E-state index contributed by atoms with van der Waals surface area (Å²) in [6.45, 7) is 2.03. The van der Waals surface area contributed by atoms with Crippen LogP contribution in [0.25, 0.3) is 0 Å². The lowest BCUT2D eigenvalue weighted by Gasteiger charge is -2.09. The minimum Gasteiger partial charge on any atom is -0.497 e. The lowest BCUT2D eigenvalue weighted by atomic mass is 10.3. The number of carbonyl (C=O) groups excluding carboxylic acids is 1. The molecule has 0 saturated carbocycles. The number of methoxy groups -OCH3 is 1. The average molecular weight is 336 g/mol. The molecule has 0 heterocycles. The highest BCUT2D eigenvalue weighted by Crippen LogP contribution is 2.25. The largest absolute Gasteiger partial charge is 0.497 e. The number of rotatable bonds is 5. The summed E-state index contributed by atoms with van der Waals surface area (Å²) in [5, 5.41) is 0. The highest BCUT2D eigenvalue weighted by molar-refractivity contribution is 14.1. The van der Waals surface area contributed by atoms with Crippen molar-refractivity contribution < 1.29 is 19.0 Å². The van der Waals surface area contributed by atoms with Gasteiger partial charge in [-0.1, -0.05) is 0 Å². The van der Waals surface area contributed by atoms with Gasteiger partial charge < -0.3 is 14.2 Å². The van der Waals surface area contributed by atoms with Crippen molar-refractivity contribution in [1.29, 1.82) is 0 Å². The molecular formula is C11H13IO4. The van der Waals surface area contributed by atoms with E-state index in [1.165, 1.54) is 0 Å². The van der Waals surface area contributed by atoms with Crippen molar-refractivity contribution in [2.45, 2.75) is 6.92 Å². The number of hydrogen-bond acceptors (Lipinski definition) is 4. The van der Waals surface area contributed by atoms with E-state index in [1.807, 2.05) is 12.1 Å². The van der Waals surface area contributed by atoms with E-state index in [2.05, 4.69) is 22.6 Å². The Hall–Kier alpha value is -0.980. The molecule has 0 saturated heterocycles. The Bertz CT molecular complexity index is 365. The van der Waals surface area contributed by atoms with E-state index in [-0.39, 0.29) is 12.6 Å². The van der Waals surface area contributed by atoms with Crippen LogP contribution < -0.4 is 9.47 Å². The van der Waals surface area contributed by atoms with Crippen molar-refractivity contribution in [2.75, 3.05) is 20.3 Å². The second kappa shape index (κ2) is 6.57. The summed E-state index contributed by atoms with van der Waals surface area (Å²) >= 11 is 2.13. The molecule has 0 amide bonds. The zero-order valence-corrected chi connectivity index (χ0v) is 11.3. The molecule has 0 spiro atoms. The summed E-state index contributed by atoms with van der Waals surface area (Å²) in [4.78, 5) is 11.1. The zero-order chi connectivity index (χ0) is 12.0. The molecule has 0 N–H and O–H groups in total. The van der Waals surface area contributed by atoms with Crippen LogP contribution in [0.2, 0.25) is 0 Å². The third kappa shape index (κ3) is 3.88. The molecule has 1 aromatic rings. The Labute approximate surface area is 108 Å². The van der Waals surface area contributed by atoms with Crippen LogP contribution in [-0.4, -0.2) is 26.3 Å². The SMILES string of the molecule is CCOC(=O)COc1cc(OC)ccc1I. The van der Waals surface area contributed by atoms with Gasteiger partial charge in [0.15, 0.2) is 6.61 Å². The Kier molecular flexibility index (Phi) is 5.37. The summed E-state index contributed by atoms with van der Waals surface area (Å²) < 4.78 is 16.1. The van der Waals surface area contributed by atoms with Gasteiger partial charge in [0.2, 0.25) is 0 Å². The normalized spacial score (nSPS) is 9.69. The maximum atomic E-state index is 11.1. The quantitative estimate of drug-likeness (QED) is 0.611. The van der Waals surface area contributed by atoms with Gasteiger partial charge in [-0.05, 0) is 41.6 Å². The number of carbonyl (C=O) groups is 1. The first-order chi connectivity index (χ1) is 7.67. The predicted molar refractivity (Wildman–Crippen MR) is 67.8 cm³/mol. The molecule has 0 aliphatic rings. The van der Waals surface area contributed by atoms with Crippen LogP contribution in [0.4, 0.5) is 0 Å². The molecule has 0 fully saturated rings. The van der Waals surface area contributed by atoms with Gasteiger partial charge in [0, 0.05) is 6.07 Å². The van der Waals surface area contributed by atoms with Gasteiger partial charge in [0.05, 0.1) is 17.3 Å². The van der Waals surface area contributed by atoms with Crippen LogP contribution in [0.1, 0.15) is 6.92 Å². The van der Waals surface area contributed by atoms with E-state index in [0.29, 0.717) is 18.1 Å². The third-order valence-corrected chi connectivity index (χ3v) is 2.68. The van der Waals surface area contributed by atoms with Crippen LogP contribution in [0.3, 0.4) is 0 Å². The van der Waals surface area contributed by atoms with Gasteiger partial charge in [-0.15, -0.1) is 0 Å². The Balaban J connectivity index is 2.62. The van der Waals surface area contributed by atoms with Gasteiger partial charge >= 0.3 is 5.97 Å². The molecule has 16 heavy (non-hydrogen) atoms. The highest BCUT2D eigenvalue weighted by atomic mass is 127. The Morgan fingerprint density at radius 1 is 1.44 bits per heavy atom. The fourth-order valence-corrected chi connectivity index (χ4v) is 1.55. The summed E-state index contributed by atoms with van der Waals surface area (Å²) in [6.07, 6.45) is 0. The summed E-state index contributed by atoms with van der Waals surface area (Å²) in [5.41, 5.74) is 0. The molecule has 1 aromatic carbocycles. The number of benzene rings is 1. The van der Waals surface area contributed by atoms with Crippen molar-refractivity contribution in [2.24, 2.45) is 0 Å². The number of esters is 1. The maximum absolute atomic E-state index is 11.1. The van der Waals surface area contributed by atoms with Crippen molar-refractivity contribution in [3.05, 3.63) is 21.8 Å². The molecule has 88 valence electrons. The van der Waals surface area contributed by atoms with Crippen LogP contribution >= 0.6 is 22.6 Å². The minimum absolute atomic E-state index is 0.0863. The van der Waals surface area contributed by atoms with Gasteiger partial charge in [-0.3, -0.25) is 0 Å². The monoisotopic (exact) mass is 336 g/mol. The Morgan fingerprint density at radius 2 is 2.19 bits per heavy atom. The van der Waals surface area contributed by atoms with Crippen LogP contribution in [0, 0.1) is 3.57 Å². The van der Waals surface area contributed by atoms with Crippen molar-refractivity contribution >= 4 is 28.6 Å². The smallest absolute Gasteiger partial charge is 0.344 e. The average Bonchev–Trinajstić information content (AvgIpc) is 2.28. The first kappa shape index (κ1) is 13.1. The molecule has 0 bridgehead atoms. The van der Waals surface area contributed by atoms with Crippen molar-refractivity contribution in [1.82, 2.24) is 0 Å². The van der Waals surface area contributed by atoms with E-state index in [0.717, 1.165) is 3.57 Å². The van der Waals surface area contributed by atoms with Crippen LogP contribution in [0.15, 0.2) is 18.2 Å². The third-order valence-electron chi connectivity index (χ3n) is 1.79. The summed E-state index contributed by atoms with van der Waals surface area (Å²) in [6, 6.07) is 5.43. The molecule has 1 rings (SSSR count). The van der Waals surface area contributed by atoms with Crippen molar-refractivity contribution in [3.8, 4) is 11.5 Å². The summed E-state index contributed by atoms with van der Waals surface area (Å²) in [5.74, 6) is 0.938. The summed E-state index contributed by atoms with van der Waals surface area (Å²) in [7, 11) is 1.58. The van der Waals surface area contributed by atoms with Gasteiger partial charge in [-0.2, -0.15) is 0 Å². The molecule has 0 aliphatic heterocycles. The molecule has 0 aliphatic carbocycles. The van der Waals surface area contributed by atoms with E-state index < -0.39 is 0 Å². The second-order valence-electron chi connectivity index (χ2n) is 2.89.